The van der Waals surface area contributed by atoms with E-state index in [2.05, 4.69) is 5.16 Å². The van der Waals surface area contributed by atoms with Gasteiger partial charge in [0.25, 0.3) is 0 Å². The minimum absolute atomic E-state index is 0.0605. The van der Waals surface area contributed by atoms with Crippen molar-refractivity contribution >= 4 is 21.6 Å². The van der Waals surface area contributed by atoms with E-state index in [1.54, 1.807) is 11.8 Å². The predicted octanol–water partition coefficient (Wildman–Crippen LogP) is -0.348. The smallest absolute Gasteiger partial charge is 0.226 e. The van der Waals surface area contributed by atoms with Crippen molar-refractivity contribution < 1.29 is 18.4 Å². The van der Waals surface area contributed by atoms with Gasteiger partial charge in [0.15, 0.2) is 9.84 Å². The SMILES string of the molecule is CCN(CC(C)C(N)=NO)C(=O)C1CCS(=O)(=O)C1. The number of amidine groups is 1. The lowest BCUT2D eigenvalue weighted by molar-refractivity contribution is -0.134. The van der Waals surface area contributed by atoms with Gasteiger partial charge < -0.3 is 15.8 Å². The molecule has 19 heavy (non-hydrogen) atoms. The Morgan fingerprint density at radius 1 is 1.58 bits per heavy atom. The van der Waals surface area contributed by atoms with E-state index in [0.717, 1.165) is 0 Å². The van der Waals surface area contributed by atoms with Gasteiger partial charge >= 0.3 is 0 Å². The molecule has 1 saturated heterocycles. The first kappa shape index (κ1) is 15.7. The molecule has 2 atom stereocenters. The van der Waals surface area contributed by atoms with Crippen molar-refractivity contribution in [1.29, 1.82) is 0 Å². The molecule has 0 spiro atoms. The Morgan fingerprint density at radius 3 is 2.63 bits per heavy atom. The highest BCUT2D eigenvalue weighted by atomic mass is 32.2. The van der Waals surface area contributed by atoms with Crippen LogP contribution in [0.15, 0.2) is 5.16 Å². The number of carbonyl (C=O) groups is 1. The minimum Gasteiger partial charge on any atom is -0.409 e. The van der Waals surface area contributed by atoms with Gasteiger partial charge in [0.05, 0.1) is 17.4 Å². The number of rotatable bonds is 5. The molecule has 2 unspecified atom stereocenters. The van der Waals surface area contributed by atoms with Crippen molar-refractivity contribution in [2.45, 2.75) is 20.3 Å². The largest absolute Gasteiger partial charge is 0.409 e. The van der Waals surface area contributed by atoms with Gasteiger partial charge in [0.1, 0.15) is 5.84 Å². The summed E-state index contributed by atoms with van der Waals surface area (Å²) in [5.74, 6) is -0.820. The fourth-order valence-corrected chi connectivity index (χ4v) is 3.88. The summed E-state index contributed by atoms with van der Waals surface area (Å²) in [6, 6.07) is 0. The van der Waals surface area contributed by atoms with Crippen molar-refractivity contribution in [2.24, 2.45) is 22.7 Å². The molecule has 1 aliphatic rings. The number of nitrogens with zero attached hydrogens (tertiary/aromatic N) is 2. The van der Waals surface area contributed by atoms with E-state index in [1.807, 2.05) is 6.92 Å². The second-order valence-electron chi connectivity index (χ2n) is 4.90. The van der Waals surface area contributed by atoms with Gasteiger partial charge in [-0.3, -0.25) is 4.79 Å². The third-order valence-electron chi connectivity index (χ3n) is 3.39. The van der Waals surface area contributed by atoms with Crippen molar-refractivity contribution in [2.75, 3.05) is 24.6 Å². The van der Waals surface area contributed by atoms with E-state index in [4.69, 9.17) is 10.9 Å². The Morgan fingerprint density at radius 2 is 2.21 bits per heavy atom. The van der Waals surface area contributed by atoms with Gasteiger partial charge in [0.2, 0.25) is 5.91 Å². The summed E-state index contributed by atoms with van der Waals surface area (Å²) in [4.78, 5) is 13.8. The number of sulfone groups is 1. The Hall–Kier alpha value is -1.31. The summed E-state index contributed by atoms with van der Waals surface area (Å²) >= 11 is 0. The standard InChI is InChI=1S/C11H21N3O4S/c1-3-14(6-8(2)10(12)13-16)11(15)9-4-5-19(17,18)7-9/h8-9,16H,3-7H2,1-2H3,(H2,12,13). The predicted molar refractivity (Wildman–Crippen MR) is 71.6 cm³/mol. The summed E-state index contributed by atoms with van der Waals surface area (Å²) in [5, 5.41) is 11.5. The number of amides is 1. The quantitative estimate of drug-likeness (QED) is 0.311. The van der Waals surface area contributed by atoms with E-state index < -0.39 is 15.8 Å². The second-order valence-corrected chi connectivity index (χ2v) is 7.13. The molecule has 0 aliphatic carbocycles. The summed E-state index contributed by atoms with van der Waals surface area (Å²) in [6.07, 6.45) is 0.385. The number of carbonyl (C=O) groups excluding carboxylic acids is 1. The summed E-state index contributed by atoms with van der Waals surface area (Å²) in [6.45, 7) is 4.36. The molecule has 8 heteroatoms. The maximum atomic E-state index is 12.2. The zero-order chi connectivity index (χ0) is 14.6. The van der Waals surface area contributed by atoms with Crippen LogP contribution in [0.25, 0.3) is 0 Å². The molecule has 0 saturated carbocycles. The lowest BCUT2D eigenvalue weighted by Crippen LogP contribution is -2.42. The van der Waals surface area contributed by atoms with Crippen LogP contribution >= 0.6 is 0 Å². The van der Waals surface area contributed by atoms with Gasteiger partial charge in [-0.2, -0.15) is 0 Å². The van der Waals surface area contributed by atoms with Crippen LogP contribution in [-0.4, -0.2) is 54.9 Å². The molecule has 1 aliphatic heterocycles. The molecule has 3 N–H and O–H groups in total. The maximum absolute atomic E-state index is 12.2. The fourth-order valence-electron chi connectivity index (χ4n) is 2.15. The highest BCUT2D eigenvalue weighted by Gasteiger charge is 2.35. The van der Waals surface area contributed by atoms with Crippen molar-refractivity contribution in [3.8, 4) is 0 Å². The molecular weight excluding hydrogens is 270 g/mol. The van der Waals surface area contributed by atoms with Crippen LogP contribution < -0.4 is 5.73 Å². The summed E-state index contributed by atoms with van der Waals surface area (Å²) in [7, 11) is -3.07. The minimum atomic E-state index is -3.07. The number of hydrogen-bond acceptors (Lipinski definition) is 5. The third-order valence-corrected chi connectivity index (χ3v) is 5.16. The Balaban J connectivity index is 2.68. The Kier molecular flexibility index (Phi) is 5.16. The molecular formula is C11H21N3O4S. The number of nitrogens with two attached hydrogens (primary N) is 1. The number of oxime groups is 1. The maximum Gasteiger partial charge on any atom is 0.226 e. The molecule has 7 nitrogen and oxygen atoms in total. The van der Waals surface area contributed by atoms with E-state index >= 15 is 0 Å². The summed E-state index contributed by atoms with van der Waals surface area (Å²) < 4.78 is 22.8. The zero-order valence-electron chi connectivity index (χ0n) is 11.2. The summed E-state index contributed by atoms with van der Waals surface area (Å²) in [5.41, 5.74) is 5.48. The second kappa shape index (κ2) is 6.23. The van der Waals surface area contributed by atoms with Crippen LogP contribution in [-0.2, 0) is 14.6 Å². The monoisotopic (exact) mass is 291 g/mol. The zero-order valence-corrected chi connectivity index (χ0v) is 12.1. The molecule has 110 valence electrons. The van der Waals surface area contributed by atoms with Crippen molar-refractivity contribution in [3.63, 3.8) is 0 Å². The first-order valence-electron chi connectivity index (χ1n) is 6.27. The van der Waals surface area contributed by atoms with Gasteiger partial charge in [0, 0.05) is 19.0 Å². The van der Waals surface area contributed by atoms with Crippen LogP contribution in [0.3, 0.4) is 0 Å². The molecule has 1 rings (SSSR count). The van der Waals surface area contributed by atoms with E-state index in [1.165, 1.54) is 0 Å². The van der Waals surface area contributed by atoms with Crippen LogP contribution in [0.4, 0.5) is 0 Å². The van der Waals surface area contributed by atoms with Crippen LogP contribution in [0.5, 0.6) is 0 Å². The van der Waals surface area contributed by atoms with E-state index in [-0.39, 0.29) is 29.2 Å². The van der Waals surface area contributed by atoms with Gasteiger partial charge in [-0.1, -0.05) is 12.1 Å². The average molecular weight is 291 g/mol. The van der Waals surface area contributed by atoms with Crippen molar-refractivity contribution in [3.05, 3.63) is 0 Å². The van der Waals surface area contributed by atoms with E-state index in [0.29, 0.717) is 19.5 Å². The molecule has 1 heterocycles. The molecule has 0 aromatic rings. The third kappa shape index (κ3) is 4.09. The topological polar surface area (TPSA) is 113 Å². The fraction of sp³-hybridized carbons (Fsp3) is 0.818. The van der Waals surface area contributed by atoms with Crippen LogP contribution in [0, 0.1) is 11.8 Å². The normalized spacial score (nSPS) is 24.1. The molecule has 0 aromatic carbocycles. The first-order valence-corrected chi connectivity index (χ1v) is 8.09. The van der Waals surface area contributed by atoms with Gasteiger partial charge in [-0.15, -0.1) is 0 Å². The Labute approximate surface area is 113 Å². The lowest BCUT2D eigenvalue weighted by Gasteiger charge is -2.26. The molecule has 1 amide bonds. The highest BCUT2D eigenvalue weighted by Crippen LogP contribution is 2.21. The highest BCUT2D eigenvalue weighted by molar-refractivity contribution is 7.91. The average Bonchev–Trinajstić information content (AvgIpc) is 2.74. The van der Waals surface area contributed by atoms with Crippen LogP contribution in [0.1, 0.15) is 20.3 Å². The molecule has 0 aromatic heterocycles. The van der Waals surface area contributed by atoms with Gasteiger partial charge in [-0.25, -0.2) is 8.42 Å². The van der Waals surface area contributed by atoms with E-state index in [9.17, 15) is 13.2 Å². The Bertz CT molecular complexity index is 461. The molecule has 0 radical (unpaired) electrons. The molecule has 0 bridgehead atoms. The van der Waals surface area contributed by atoms with Gasteiger partial charge in [-0.05, 0) is 13.3 Å². The van der Waals surface area contributed by atoms with Crippen molar-refractivity contribution in [1.82, 2.24) is 4.90 Å². The lowest BCUT2D eigenvalue weighted by atomic mass is 10.1. The molecule has 1 fully saturated rings. The van der Waals surface area contributed by atoms with Crippen LogP contribution in [0.2, 0.25) is 0 Å². The first-order chi connectivity index (χ1) is 8.80. The number of hydrogen-bond donors (Lipinski definition) is 2.